The standard InChI is InChI=1S/C25H16Cl2F5N3OS/c26-12-1-6-15-16(11-12)37-24(17(15)27)25(36)33-13-2-4-14(5-3-13)34-7-9-35(10-8-34)23-21(31)19(29)18(28)20(30)22(23)32/h1-6,11H,7-10H2,(H,33,36). The molecule has 12 heteroatoms. The molecule has 1 aliphatic rings. The number of nitrogens with zero attached hydrogens (tertiary/aromatic N) is 2. The minimum Gasteiger partial charge on any atom is -0.368 e. The van der Waals surface area contributed by atoms with Gasteiger partial charge in [-0.15, -0.1) is 11.3 Å². The van der Waals surface area contributed by atoms with E-state index in [-0.39, 0.29) is 32.1 Å². The van der Waals surface area contributed by atoms with Gasteiger partial charge >= 0.3 is 0 Å². The van der Waals surface area contributed by atoms with E-state index in [1.165, 1.54) is 11.3 Å². The highest BCUT2D eigenvalue weighted by Gasteiger charge is 2.30. The van der Waals surface area contributed by atoms with Crippen LogP contribution in [0, 0.1) is 29.1 Å². The third-order valence-corrected chi connectivity index (χ3v) is 7.96. The second kappa shape index (κ2) is 10.00. The Morgan fingerprint density at radius 1 is 0.784 bits per heavy atom. The van der Waals surface area contributed by atoms with Gasteiger partial charge in [-0.25, -0.2) is 22.0 Å². The van der Waals surface area contributed by atoms with Gasteiger partial charge in [0.1, 0.15) is 10.6 Å². The SMILES string of the molecule is O=C(Nc1ccc(N2CCN(c3c(F)c(F)c(F)c(F)c3F)CC2)cc1)c1sc2cc(Cl)ccc2c1Cl. The van der Waals surface area contributed by atoms with Gasteiger partial charge in [0.2, 0.25) is 5.82 Å². The predicted octanol–water partition coefficient (Wildman–Crippen LogP) is 7.48. The van der Waals surface area contributed by atoms with E-state index in [4.69, 9.17) is 23.2 Å². The third kappa shape index (κ3) is 4.69. The Balaban J connectivity index is 1.25. The molecule has 1 aromatic heterocycles. The highest BCUT2D eigenvalue weighted by molar-refractivity contribution is 7.21. The fourth-order valence-electron chi connectivity index (χ4n) is 4.19. The van der Waals surface area contributed by atoms with Crippen molar-refractivity contribution in [1.82, 2.24) is 0 Å². The van der Waals surface area contributed by atoms with Crippen LogP contribution in [0.15, 0.2) is 42.5 Å². The molecule has 1 amide bonds. The second-order valence-corrected chi connectivity index (χ2v) is 10.1. The Morgan fingerprint density at radius 2 is 1.35 bits per heavy atom. The molecule has 0 radical (unpaired) electrons. The van der Waals surface area contributed by atoms with E-state index in [2.05, 4.69) is 5.32 Å². The lowest BCUT2D eigenvalue weighted by atomic mass is 10.2. The van der Waals surface area contributed by atoms with Crippen molar-refractivity contribution in [3.05, 3.63) is 86.5 Å². The zero-order valence-electron chi connectivity index (χ0n) is 18.7. The molecule has 1 aliphatic heterocycles. The molecule has 5 rings (SSSR count). The highest BCUT2D eigenvalue weighted by atomic mass is 35.5. The van der Waals surface area contributed by atoms with Crippen molar-refractivity contribution in [3.63, 3.8) is 0 Å². The summed E-state index contributed by atoms with van der Waals surface area (Å²) in [6.45, 7) is 0.660. The smallest absolute Gasteiger partial charge is 0.267 e. The molecule has 1 N–H and O–H groups in total. The first-order chi connectivity index (χ1) is 17.7. The molecule has 1 saturated heterocycles. The number of fused-ring (bicyclic) bond motifs is 1. The maximum atomic E-state index is 14.2. The number of halogens is 7. The summed E-state index contributed by atoms with van der Waals surface area (Å²) in [7, 11) is 0. The number of amides is 1. The summed E-state index contributed by atoms with van der Waals surface area (Å²) in [6, 6.07) is 12.1. The summed E-state index contributed by atoms with van der Waals surface area (Å²) in [4.78, 5) is 16.2. The van der Waals surface area contributed by atoms with Gasteiger partial charge in [0, 0.05) is 52.7 Å². The Morgan fingerprint density at radius 3 is 1.97 bits per heavy atom. The molecule has 2 heterocycles. The number of piperazine rings is 1. The molecule has 0 aliphatic carbocycles. The summed E-state index contributed by atoms with van der Waals surface area (Å²) < 4.78 is 69.6. The number of carbonyl (C=O) groups excluding carboxylic acids is 1. The molecular weight excluding hydrogens is 556 g/mol. The van der Waals surface area contributed by atoms with Gasteiger partial charge in [0.25, 0.3) is 5.91 Å². The van der Waals surface area contributed by atoms with Crippen LogP contribution in [0.1, 0.15) is 9.67 Å². The first-order valence-corrected chi connectivity index (χ1v) is 12.5. The number of nitrogens with one attached hydrogen (secondary N) is 1. The fourth-order valence-corrected chi connectivity index (χ4v) is 5.88. The van der Waals surface area contributed by atoms with Gasteiger partial charge in [0.05, 0.1) is 5.02 Å². The topological polar surface area (TPSA) is 35.6 Å². The number of benzene rings is 3. The minimum absolute atomic E-state index is 0.0469. The van der Waals surface area contributed by atoms with Crippen LogP contribution in [0.5, 0.6) is 0 Å². The van der Waals surface area contributed by atoms with Crippen molar-refractivity contribution in [2.24, 2.45) is 0 Å². The molecule has 0 saturated carbocycles. The first-order valence-electron chi connectivity index (χ1n) is 11.0. The zero-order valence-corrected chi connectivity index (χ0v) is 21.1. The van der Waals surface area contributed by atoms with E-state index in [1.807, 2.05) is 4.90 Å². The fraction of sp³-hybridized carbons (Fsp3) is 0.160. The van der Waals surface area contributed by atoms with Crippen molar-refractivity contribution in [2.45, 2.75) is 0 Å². The highest BCUT2D eigenvalue weighted by Crippen LogP contribution is 2.37. The maximum Gasteiger partial charge on any atom is 0.267 e. The molecule has 0 bridgehead atoms. The van der Waals surface area contributed by atoms with E-state index < -0.39 is 34.8 Å². The maximum absolute atomic E-state index is 14.2. The average molecular weight is 572 g/mol. The minimum atomic E-state index is -2.18. The summed E-state index contributed by atoms with van der Waals surface area (Å²) in [6.07, 6.45) is 0. The summed E-state index contributed by atoms with van der Waals surface area (Å²) in [5.41, 5.74) is 0.376. The van der Waals surface area contributed by atoms with Crippen molar-refractivity contribution in [3.8, 4) is 0 Å². The largest absolute Gasteiger partial charge is 0.368 e. The molecule has 4 nitrogen and oxygen atoms in total. The average Bonchev–Trinajstić information content (AvgIpc) is 3.22. The van der Waals surface area contributed by atoms with Crippen molar-refractivity contribution in [1.29, 1.82) is 0 Å². The van der Waals surface area contributed by atoms with Crippen LogP contribution in [0.3, 0.4) is 0 Å². The van der Waals surface area contributed by atoms with Crippen LogP contribution in [-0.4, -0.2) is 32.1 Å². The Kier molecular flexibility index (Phi) is 6.91. The molecule has 192 valence electrons. The van der Waals surface area contributed by atoms with Gasteiger partial charge in [-0.3, -0.25) is 4.79 Å². The van der Waals surface area contributed by atoms with E-state index >= 15 is 0 Å². The molecule has 1 fully saturated rings. The molecule has 0 unspecified atom stereocenters. The van der Waals surface area contributed by atoms with Crippen molar-refractivity contribution in [2.75, 3.05) is 41.3 Å². The van der Waals surface area contributed by atoms with Crippen LogP contribution in [-0.2, 0) is 0 Å². The van der Waals surface area contributed by atoms with Crippen molar-refractivity contribution < 1.29 is 26.7 Å². The van der Waals surface area contributed by atoms with Gasteiger partial charge in [-0.1, -0.05) is 29.3 Å². The predicted molar refractivity (Wildman–Crippen MR) is 137 cm³/mol. The number of hydrogen-bond donors (Lipinski definition) is 1. The third-order valence-electron chi connectivity index (χ3n) is 6.07. The Bertz CT molecular complexity index is 1490. The van der Waals surface area contributed by atoms with E-state index in [1.54, 1.807) is 42.5 Å². The molecule has 37 heavy (non-hydrogen) atoms. The van der Waals surface area contributed by atoms with Gasteiger partial charge in [-0.05, 0) is 36.4 Å². The lowest BCUT2D eigenvalue weighted by molar-refractivity contribution is 0.103. The van der Waals surface area contributed by atoms with Crippen LogP contribution in [0.25, 0.3) is 10.1 Å². The zero-order chi connectivity index (χ0) is 26.4. The van der Waals surface area contributed by atoms with Gasteiger partial charge < -0.3 is 15.1 Å². The quantitative estimate of drug-likeness (QED) is 0.157. The number of hydrogen-bond acceptors (Lipinski definition) is 4. The molecule has 0 spiro atoms. The monoisotopic (exact) mass is 571 g/mol. The van der Waals surface area contributed by atoms with E-state index in [9.17, 15) is 26.7 Å². The Hall–Kier alpha value is -3.08. The van der Waals surface area contributed by atoms with Crippen LogP contribution >= 0.6 is 34.5 Å². The summed E-state index contributed by atoms with van der Waals surface area (Å²) >= 11 is 13.6. The summed E-state index contributed by atoms with van der Waals surface area (Å²) in [5, 5.41) is 4.43. The molecule has 3 aromatic carbocycles. The van der Waals surface area contributed by atoms with Crippen LogP contribution in [0.4, 0.5) is 39.0 Å². The van der Waals surface area contributed by atoms with Crippen LogP contribution in [0.2, 0.25) is 10.0 Å². The first kappa shape index (κ1) is 25.6. The van der Waals surface area contributed by atoms with E-state index in [0.29, 0.717) is 20.6 Å². The van der Waals surface area contributed by atoms with Gasteiger partial charge in [0.15, 0.2) is 23.3 Å². The number of anilines is 3. The van der Waals surface area contributed by atoms with E-state index in [0.717, 1.165) is 20.7 Å². The van der Waals surface area contributed by atoms with Crippen LogP contribution < -0.4 is 15.1 Å². The molecule has 0 atom stereocenters. The molecule has 4 aromatic rings. The lowest BCUT2D eigenvalue weighted by Crippen LogP contribution is -2.47. The number of rotatable bonds is 4. The number of carbonyl (C=O) groups is 1. The Labute approximate surface area is 221 Å². The van der Waals surface area contributed by atoms with Crippen molar-refractivity contribution >= 4 is 67.6 Å². The lowest BCUT2D eigenvalue weighted by Gasteiger charge is -2.37. The number of thiophene rings is 1. The van der Waals surface area contributed by atoms with Gasteiger partial charge in [-0.2, -0.15) is 0 Å². The normalized spacial score (nSPS) is 13.9. The second-order valence-electron chi connectivity index (χ2n) is 8.28. The summed E-state index contributed by atoms with van der Waals surface area (Å²) in [5.74, 6) is -10.2. The molecular formula is C25H16Cl2F5N3OS.